The Morgan fingerprint density at radius 1 is 1.27 bits per heavy atom. The fourth-order valence-electron chi connectivity index (χ4n) is 2.42. The van der Waals surface area contributed by atoms with Crippen LogP contribution >= 0.6 is 0 Å². The average molecular weight is 232 g/mol. The van der Waals surface area contributed by atoms with E-state index in [1.165, 1.54) is 27.1 Å². The number of epoxide rings is 1. The Bertz CT molecular complexity index is 219. The Hall–Kier alpha value is 0.0569. The zero-order valence-corrected chi connectivity index (χ0v) is 10.4. The van der Waals surface area contributed by atoms with Gasteiger partial charge in [0.15, 0.2) is 0 Å². The van der Waals surface area contributed by atoms with Crippen molar-refractivity contribution in [2.24, 2.45) is 5.92 Å². The van der Waals surface area contributed by atoms with Crippen molar-refractivity contribution in [1.82, 2.24) is 0 Å². The monoisotopic (exact) mass is 232 g/mol. The number of ether oxygens (including phenoxy) is 1. The highest BCUT2D eigenvalue weighted by Crippen LogP contribution is 2.41. The third-order valence-electron chi connectivity index (χ3n) is 3.62. The van der Waals surface area contributed by atoms with Crippen molar-refractivity contribution >= 4 is 8.80 Å². The van der Waals surface area contributed by atoms with Crippen LogP contribution in [-0.4, -0.2) is 40.0 Å². The molecule has 3 unspecified atom stereocenters. The van der Waals surface area contributed by atoms with Crippen LogP contribution in [0.4, 0.5) is 0 Å². The summed E-state index contributed by atoms with van der Waals surface area (Å²) in [4.78, 5) is 9.90. The Labute approximate surface area is 91.9 Å². The fourth-order valence-corrected chi connectivity index (χ4v) is 3.77. The van der Waals surface area contributed by atoms with Crippen LogP contribution in [0.15, 0.2) is 0 Å². The van der Waals surface area contributed by atoms with Crippen LogP contribution in [0.3, 0.4) is 0 Å². The lowest BCUT2D eigenvalue weighted by Crippen LogP contribution is -2.40. The topological polar surface area (TPSA) is 51.2 Å². The molecule has 2 fully saturated rings. The summed E-state index contributed by atoms with van der Waals surface area (Å²) in [5.74, 6) is 0.679. The van der Waals surface area contributed by atoms with E-state index in [0.717, 1.165) is 12.8 Å². The van der Waals surface area contributed by atoms with E-state index in [9.17, 15) is 4.80 Å². The van der Waals surface area contributed by atoms with E-state index < -0.39 is 8.80 Å². The van der Waals surface area contributed by atoms with Gasteiger partial charge in [0.25, 0.3) is 0 Å². The van der Waals surface area contributed by atoms with E-state index in [1.807, 2.05) is 0 Å². The number of hydrogen-bond acceptors (Lipinski definition) is 4. The van der Waals surface area contributed by atoms with E-state index in [1.54, 1.807) is 0 Å². The molecular weight excluding hydrogens is 212 g/mol. The summed E-state index contributed by atoms with van der Waals surface area (Å²) in [6, 6.07) is 0.669. The molecule has 1 heterocycles. The molecule has 0 bridgehead atoms. The molecule has 3 atom stereocenters. The summed E-state index contributed by atoms with van der Waals surface area (Å²) < 4.78 is 15.6. The Morgan fingerprint density at radius 3 is 2.60 bits per heavy atom. The van der Waals surface area contributed by atoms with Gasteiger partial charge in [-0.05, 0) is 31.6 Å². The molecule has 88 valence electrons. The molecule has 1 saturated carbocycles. The van der Waals surface area contributed by atoms with Gasteiger partial charge in [-0.3, -0.25) is 0 Å². The van der Waals surface area contributed by atoms with Gasteiger partial charge in [0.2, 0.25) is 0 Å². The van der Waals surface area contributed by atoms with Crippen LogP contribution in [0.1, 0.15) is 25.7 Å². The SMILES string of the molecule is CO[Si](O)(CCC1CCC2OC2C1)OC. The van der Waals surface area contributed by atoms with Gasteiger partial charge in [0.1, 0.15) is 0 Å². The molecule has 0 aromatic heterocycles. The normalized spacial score (nSPS) is 35.0. The first kappa shape index (κ1) is 11.5. The minimum Gasteiger partial charge on any atom is -0.390 e. The van der Waals surface area contributed by atoms with Crippen LogP contribution in [0.5, 0.6) is 0 Å². The van der Waals surface area contributed by atoms with Crippen molar-refractivity contribution in [1.29, 1.82) is 0 Å². The average Bonchev–Trinajstić information content (AvgIpc) is 3.04. The van der Waals surface area contributed by atoms with Gasteiger partial charge in [0, 0.05) is 20.3 Å². The zero-order valence-electron chi connectivity index (χ0n) is 9.44. The number of rotatable bonds is 5. The molecule has 0 aromatic rings. The zero-order chi connectivity index (χ0) is 10.9. The fraction of sp³-hybridized carbons (Fsp3) is 1.00. The van der Waals surface area contributed by atoms with Crippen molar-refractivity contribution in [2.45, 2.75) is 43.9 Å². The van der Waals surface area contributed by atoms with E-state index in [2.05, 4.69) is 0 Å². The summed E-state index contributed by atoms with van der Waals surface area (Å²) in [6.07, 6.45) is 5.64. The van der Waals surface area contributed by atoms with E-state index in [-0.39, 0.29) is 0 Å². The van der Waals surface area contributed by atoms with Crippen LogP contribution in [-0.2, 0) is 13.6 Å². The lowest BCUT2D eigenvalue weighted by Gasteiger charge is -2.24. The van der Waals surface area contributed by atoms with Gasteiger partial charge < -0.3 is 18.4 Å². The standard InChI is InChI=1S/C10H20O4Si/c1-12-15(11,13-2)6-5-8-3-4-9-10(7-8)14-9/h8-11H,3-7H2,1-2H3. The molecule has 1 N–H and O–H groups in total. The first-order valence-electron chi connectivity index (χ1n) is 5.65. The van der Waals surface area contributed by atoms with Crippen LogP contribution in [0, 0.1) is 5.92 Å². The van der Waals surface area contributed by atoms with Crippen LogP contribution in [0.2, 0.25) is 6.04 Å². The first-order chi connectivity index (χ1) is 7.17. The predicted octanol–water partition coefficient (Wildman–Crippen LogP) is 1.17. The number of fused-ring (bicyclic) bond motifs is 1. The smallest absolute Gasteiger partial charge is 0.390 e. The van der Waals surface area contributed by atoms with E-state index >= 15 is 0 Å². The molecule has 0 aromatic carbocycles. The van der Waals surface area contributed by atoms with Gasteiger partial charge in [-0.1, -0.05) is 0 Å². The second kappa shape index (κ2) is 4.51. The maximum Gasteiger partial charge on any atom is 0.497 e. The molecule has 2 aliphatic rings. The summed E-state index contributed by atoms with van der Waals surface area (Å²) in [5.41, 5.74) is 0. The molecule has 2 rings (SSSR count). The Balaban J connectivity index is 1.72. The maximum atomic E-state index is 9.90. The van der Waals surface area contributed by atoms with Gasteiger partial charge in [-0.15, -0.1) is 0 Å². The van der Waals surface area contributed by atoms with Gasteiger partial charge in [-0.2, -0.15) is 0 Å². The minimum atomic E-state index is -2.83. The summed E-state index contributed by atoms with van der Waals surface area (Å²) in [5, 5.41) is 0. The molecule has 0 radical (unpaired) electrons. The van der Waals surface area contributed by atoms with Crippen molar-refractivity contribution < 1.29 is 18.4 Å². The largest absolute Gasteiger partial charge is 0.497 e. The molecule has 0 amide bonds. The summed E-state index contributed by atoms with van der Waals surface area (Å²) >= 11 is 0. The van der Waals surface area contributed by atoms with E-state index in [0.29, 0.717) is 24.2 Å². The van der Waals surface area contributed by atoms with Gasteiger partial charge in [0.05, 0.1) is 12.2 Å². The lowest BCUT2D eigenvalue weighted by atomic mass is 9.88. The van der Waals surface area contributed by atoms with Gasteiger partial charge >= 0.3 is 8.80 Å². The number of hydrogen-bond donors (Lipinski definition) is 1. The van der Waals surface area contributed by atoms with E-state index in [4.69, 9.17) is 13.6 Å². The third-order valence-corrected chi connectivity index (χ3v) is 5.82. The second-order valence-electron chi connectivity index (χ2n) is 4.55. The first-order valence-corrected chi connectivity index (χ1v) is 7.62. The van der Waals surface area contributed by atoms with Crippen molar-refractivity contribution in [3.05, 3.63) is 0 Å². The molecule has 5 heteroatoms. The highest BCUT2D eigenvalue weighted by molar-refractivity contribution is 6.59. The highest BCUT2D eigenvalue weighted by Gasteiger charge is 2.44. The predicted molar refractivity (Wildman–Crippen MR) is 57.4 cm³/mol. The maximum absolute atomic E-state index is 9.90. The van der Waals surface area contributed by atoms with Crippen LogP contribution < -0.4 is 0 Å². The van der Waals surface area contributed by atoms with Gasteiger partial charge in [-0.25, -0.2) is 0 Å². The van der Waals surface area contributed by atoms with Crippen molar-refractivity contribution in [2.75, 3.05) is 14.2 Å². The summed E-state index contributed by atoms with van der Waals surface area (Å²) in [6.45, 7) is 0. The molecular formula is C10H20O4Si. The summed E-state index contributed by atoms with van der Waals surface area (Å²) in [7, 11) is 0.218. The Kier molecular flexibility index (Phi) is 3.47. The van der Waals surface area contributed by atoms with Crippen molar-refractivity contribution in [3.8, 4) is 0 Å². The molecule has 1 saturated heterocycles. The third kappa shape index (κ3) is 2.79. The molecule has 4 nitrogen and oxygen atoms in total. The molecule has 1 aliphatic heterocycles. The quantitative estimate of drug-likeness (QED) is 0.571. The second-order valence-corrected chi connectivity index (χ2v) is 7.29. The Morgan fingerprint density at radius 2 is 2.00 bits per heavy atom. The molecule has 0 spiro atoms. The lowest BCUT2D eigenvalue weighted by molar-refractivity contribution is 0.147. The molecule has 1 aliphatic carbocycles. The highest BCUT2D eigenvalue weighted by atomic mass is 28.4. The minimum absolute atomic E-state index is 0.517. The molecule has 15 heavy (non-hydrogen) atoms. The van der Waals surface area contributed by atoms with Crippen molar-refractivity contribution in [3.63, 3.8) is 0 Å². The van der Waals surface area contributed by atoms with Crippen LogP contribution in [0.25, 0.3) is 0 Å².